The van der Waals surface area contributed by atoms with Gasteiger partial charge in [0.15, 0.2) is 11.7 Å². The monoisotopic (exact) mass is 400 g/mol. The normalized spacial score (nSPS) is 19.3. The summed E-state index contributed by atoms with van der Waals surface area (Å²) in [5, 5.41) is 9.45. The SMILES string of the molecule is CCCCNC(=O)c1nn2c(c1Cl)N[C@@H](c1ccccc1)C[C@@H]2C(F)(F)F. The van der Waals surface area contributed by atoms with E-state index in [9.17, 15) is 18.0 Å². The van der Waals surface area contributed by atoms with Crippen LogP contribution in [0.4, 0.5) is 19.0 Å². The number of anilines is 1. The van der Waals surface area contributed by atoms with Gasteiger partial charge in [-0.25, -0.2) is 4.68 Å². The van der Waals surface area contributed by atoms with Crippen molar-refractivity contribution in [1.82, 2.24) is 15.1 Å². The van der Waals surface area contributed by atoms with Crippen molar-refractivity contribution in [3.05, 3.63) is 46.6 Å². The highest BCUT2D eigenvalue weighted by atomic mass is 35.5. The van der Waals surface area contributed by atoms with Crippen LogP contribution < -0.4 is 10.6 Å². The van der Waals surface area contributed by atoms with Crippen LogP contribution in [0.3, 0.4) is 0 Å². The zero-order valence-electron chi connectivity index (χ0n) is 14.7. The van der Waals surface area contributed by atoms with Gasteiger partial charge in [0.05, 0.1) is 6.04 Å². The second kappa shape index (κ2) is 7.80. The minimum absolute atomic E-state index is 0.0136. The largest absolute Gasteiger partial charge is 0.410 e. The molecular formula is C18H20ClF3N4O. The van der Waals surface area contributed by atoms with Gasteiger partial charge in [-0.2, -0.15) is 18.3 Å². The molecule has 0 saturated heterocycles. The first-order valence-corrected chi connectivity index (χ1v) is 9.15. The fraction of sp³-hybridized carbons (Fsp3) is 0.444. The first kappa shape index (κ1) is 19.5. The molecule has 0 unspecified atom stereocenters. The summed E-state index contributed by atoms with van der Waals surface area (Å²) in [4.78, 5) is 12.3. The van der Waals surface area contributed by atoms with Gasteiger partial charge in [-0.1, -0.05) is 55.3 Å². The van der Waals surface area contributed by atoms with Crippen molar-refractivity contribution in [2.24, 2.45) is 0 Å². The van der Waals surface area contributed by atoms with Gasteiger partial charge in [0.25, 0.3) is 5.91 Å². The molecule has 0 saturated carbocycles. The Hall–Kier alpha value is -2.22. The standard InChI is InChI=1S/C18H20ClF3N4O/c1-2-3-9-23-17(27)15-14(19)16-24-12(11-7-5-4-6-8-11)10-13(18(20,21)22)26(16)25-15/h4-8,12-13,24H,2-3,9-10H2,1H3,(H,23,27)/t12-,13-/m1/s1. The highest BCUT2D eigenvalue weighted by molar-refractivity contribution is 6.36. The summed E-state index contributed by atoms with van der Waals surface area (Å²) in [6.07, 6.45) is -3.12. The van der Waals surface area contributed by atoms with Gasteiger partial charge in [-0.05, 0) is 12.0 Å². The van der Waals surface area contributed by atoms with Gasteiger partial charge >= 0.3 is 6.18 Å². The summed E-state index contributed by atoms with van der Waals surface area (Å²) in [6.45, 7) is 2.38. The lowest BCUT2D eigenvalue weighted by Gasteiger charge is -2.33. The number of nitrogens with zero attached hydrogens (tertiary/aromatic N) is 2. The molecule has 1 amide bonds. The first-order chi connectivity index (χ1) is 12.8. The van der Waals surface area contributed by atoms with Gasteiger partial charge in [0, 0.05) is 13.0 Å². The predicted octanol–water partition coefficient (Wildman–Crippen LogP) is 4.73. The summed E-state index contributed by atoms with van der Waals surface area (Å²) in [6, 6.07) is 6.37. The van der Waals surface area contributed by atoms with E-state index < -0.39 is 24.2 Å². The number of alkyl halides is 3. The van der Waals surface area contributed by atoms with Crippen LogP contribution in [0, 0.1) is 0 Å². The Morgan fingerprint density at radius 2 is 2.07 bits per heavy atom. The molecule has 146 valence electrons. The Labute approximate surface area is 159 Å². The molecule has 1 aromatic carbocycles. The van der Waals surface area contributed by atoms with E-state index in [1.165, 1.54) is 0 Å². The number of benzene rings is 1. The van der Waals surface area contributed by atoms with Gasteiger partial charge in [0.2, 0.25) is 0 Å². The second-order valence-electron chi connectivity index (χ2n) is 6.47. The van der Waals surface area contributed by atoms with E-state index >= 15 is 0 Å². The second-order valence-corrected chi connectivity index (χ2v) is 6.84. The number of aromatic nitrogens is 2. The maximum absolute atomic E-state index is 13.7. The third-order valence-corrected chi connectivity index (χ3v) is 4.89. The summed E-state index contributed by atoms with van der Waals surface area (Å²) >= 11 is 6.24. The number of rotatable bonds is 5. The van der Waals surface area contributed by atoms with E-state index in [1.807, 2.05) is 6.92 Å². The third kappa shape index (κ3) is 4.05. The number of nitrogens with one attached hydrogen (secondary N) is 2. The molecule has 27 heavy (non-hydrogen) atoms. The molecule has 3 rings (SSSR count). The molecule has 1 aliphatic rings. The van der Waals surface area contributed by atoms with E-state index in [0.717, 1.165) is 17.5 Å². The van der Waals surface area contributed by atoms with Crippen LogP contribution in [0.5, 0.6) is 0 Å². The molecular weight excluding hydrogens is 381 g/mol. The maximum atomic E-state index is 13.7. The highest BCUT2D eigenvalue weighted by Crippen LogP contribution is 2.46. The number of halogens is 4. The van der Waals surface area contributed by atoms with E-state index in [2.05, 4.69) is 15.7 Å². The lowest BCUT2D eigenvalue weighted by atomic mass is 9.97. The summed E-state index contributed by atoms with van der Waals surface area (Å²) in [7, 11) is 0. The Balaban J connectivity index is 1.96. The summed E-state index contributed by atoms with van der Waals surface area (Å²) in [5.41, 5.74) is 0.516. The average molecular weight is 401 g/mol. The van der Waals surface area contributed by atoms with E-state index in [-0.39, 0.29) is 23.0 Å². The number of hydrogen-bond acceptors (Lipinski definition) is 3. The van der Waals surface area contributed by atoms with Crippen LogP contribution >= 0.6 is 11.6 Å². The Kier molecular flexibility index (Phi) is 5.64. The Morgan fingerprint density at radius 3 is 2.70 bits per heavy atom. The van der Waals surface area contributed by atoms with Crippen LogP contribution in [0.1, 0.15) is 54.3 Å². The van der Waals surface area contributed by atoms with Crippen molar-refractivity contribution in [1.29, 1.82) is 0 Å². The molecule has 2 N–H and O–H groups in total. The van der Waals surface area contributed by atoms with Gasteiger partial charge < -0.3 is 10.6 Å². The molecule has 0 radical (unpaired) electrons. The first-order valence-electron chi connectivity index (χ1n) is 8.77. The molecule has 2 heterocycles. The van der Waals surface area contributed by atoms with Crippen LogP contribution in [0.2, 0.25) is 5.02 Å². The molecule has 9 heteroatoms. The maximum Gasteiger partial charge on any atom is 0.410 e. The summed E-state index contributed by atoms with van der Waals surface area (Å²) in [5.74, 6) is -0.561. The lowest BCUT2D eigenvalue weighted by molar-refractivity contribution is -0.173. The number of carbonyl (C=O) groups excluding carboxylic acids is 1. The fourth-order valence-corrected chi connectivity index (χ4v) is 3.37. The molecule has 0 fully saturated rings. The minimum atomic E-state index is -4.52. The Bertz CT molecular complexity index is 807. The zero-order valence-corrected chi connectivity index (χ0v) is 15.4. The molecule has 1 aliphatic heterocycles. The number of amides is 1. The van der Waals surface area contributed by atoms with Gasteiger partial charge in [0.1, 0.15) is 10.8 Å². The molecule has 0 bridgehead atoms. The van der Waals surface area contributed by atoms with Crippen LogP contribution in [0.15, 0.2) is 30.3 Å². The molecule has 2 atom stereocenters. The van der Waals surface area contributed by atoms with Crippen molar-refractivity contribution in [2.75, 3.05) is 11.9 Å². The third-order valence-electron chi connectivity index (χ3n) is 4.53. The van der Waals surface area contributed by atoms with E-state index in [0.29, 0.717) is 12.1 Å². The fourth-order valence-electron chi connectivity index (χ4n) is 3.10. The lowest BCUT2D eigenvalue weighted by Crippen LogP contribution is -2.36. The number of fused-ring (bicyclic) bond motifs is 1. The van der Waals surface area contributed by atoms with Crippen molar-refractivity contribution >= 4 is 23.3 Å². The topological polar surface area (TPSA) is 59.0 Å². The summed E-state index contributed by atoms with van der Waals surface area (Å²) < 4.78 is 41.8. The van der Waals surface area contributed by atoms with Crippen molar-refractivity contribution in [2.45, 2.75) is 44.4 Å². The smallest absolute Gasteiger partial charge is 0.362 e. The zero-order chi connectivity index (χ0) is 19.6. The van der Waals surface area contributed by atoms with Crippen molar-refractivity contribution in [3.63, 3.8) is 0 Å². The highest BCUT2D eigenvalue weighted by Gasteiger charge is 2.47. The average Bonchev–Trinajstić information content (AvgIpc) is 2.98. The molecule has 1 aromatic heterocycles. The van der Waals surface area contributed by atoms with Crippen LogP contribution in [-0.4, -0.2) is 28.4 Å². The number of unbranched alkanes of at least 4 members (excludes halogenated alkanes) is 1. The molecule has 5 nitrogen and oxygen atoms in total. The van der Waals surface area contributed by atoms with E-state index in [4.69, 9.17) is 11.6 Å². The van der Waals surface area contributed by atoms with Crippen LogP contribution in [0.25, 0.3) is 0 Å². The predicted molar refractivity (Wildman–Crippen MR) is 97.0 cm³/mol. The molecule has 0 aliphatic carbocycles. The van der Waals surface area contributed by atoms with Crippen LogP contribution in [-0.2, 0) is 0 Å². The molecule has 0 spiro atoms. The number of hydrogen-bond donors (Lipinski definition) is 2. The van der Waals surface area contributed by atoms with E-state index in [1.54, 1.807) is 30.3 Å². The minimum Gasteiger partial charge on any atom is -0.362 e. The molecule has 2 aromatic rings. The number of carbonyl (C=O) groups is 1. The quantitative estimate of drug-likeness (QED) is 0.713. The Morgan fingerprint density at radius 1 is 1.37 bits per heavy atom. The van der Waals surface area contributed by atoms with Gasteiger partial charge in [-0.15, -0.1) is 0 Å². The van der Waals surface area contributed by atoms with Gasteiger partial charge in [-0.3, -0.25) is 4.79 Å². The van der Waals surface area contributed by atoms with Crippen molar-refractivity contribution < 1.29 is 18.0 Å². The van der Waals surface area contributed by atoms with Crippen molar-refractivity contribution in [3.8, 4) is 0 Å².